The minimum Gasteiger partial charge on any atom is -0.406 e. The summed E-state index contributed by atoms with van der Waals surface area (Å²) in [6, 6.07) is 4.24. The lowest BCUT2D eigenvalue weighted by Crippen LogP contribution is -2.41. The van der Waals surface area contributed by atoms with Crippen LogP contribution in [0.3, 0.4) is 0 Å². The molecule has 1 aliphatic rings. The minimum atomic E-state index is -4.70. The smallest absolute Gasteiger partial charge is 0.406 e. The van der Waals surface area contributed by atoms with Crippen LogP contribution in [0.5, 0.6) is 5.75 Å². The number of aryl methyl sites for hydroxylation is 1. The van der Waals surface area contributed by atoms with Crippen molar-refractivity contribution in [3.63, 3.8) is 0 Å². The van der Waals surface area contributed by atoms with Crippen molar-refractivity contribution in [1.82, 2.24) is 0 Å². The summed E-state index contributed by atoms with van der Waals surface area (Å²) in [7, 11) is -0.597. The van der Waals surface area contributed by atoms with Crippen LogP contribution < -0.4 is 10.2 Å². The molecule has 0 atom stereocenters. The second-order valence-electron chi connectivity index (χ2n) is 6.35. The highest BCUT2D eigenvalue weighted by Crippen LogP contribution is 2.37. The van der Waals surface area contributed by atoms with E-state index >= 15 is 0 Å². The first-order chi connectivity index (χ1) is 9.95. The van der Waals surface area contributed by atoms with Crippen molar-refractivity contribution in [3.8, 4) is 5.75 Å². The monoisotopic (exact) mass is 316 g/mol. The van der Waals surface area contributed by atoms with Gasteiger partial charge in [-0.25, -0.2) is 0 Å². The van der Waals surface area contributed by atoms with E-state index in [-0.39, 0.29) is 5.75 Å². The van der Waals surface area contributed by atoms with E-state index in [1.807, 2.05) is 34.6 Å². The van der Waals surface area contributed by atoms with Gasteiger partial charge < -0.3 is 14.0 Å². The van der Waals surface area contributed by atoms with Crippen molar-refractivity contribution in [2.75, 3.05) is 0 Å². The van der Waals surface area contributed by atoms with Crippen LogP contribution in [0.4, 0.5) is 13.2 Å². The third-order valence-electron chi connectivity index (χ3n) is 4.24. The summed E-state index contributed by atoms with van der Waals surface area (Å²) in [5, 5.41) is 0. The van der Waals surface area contributed by atoms with Crippen LogP contribution in [0.1, 0.15) is 40.2 Å². The zero-order chi connectivity index (χ0) is 16.8. The van der Waals surface area contributed by atoms with Crippen molar-refractivity contribution in [2.45, 2.75) is 58.6 Å². The summed E-state index contributed by atoms with van der Waals surface area (Å²) < 4.78 is 52.8. The van der Waals surface area contributed by atoms with E-state index in [0.29, 0.717) is 12.0 Å². The third-order valence-corrected chi connectivity index (χ3v) is 4.24. The lowest BCUT2D eigenvalue weighted by Gasteiger charge is -2.32. The van der Waals surface area contributed by atoms with Crippen LogP contribution in [-0.2, 0) is 15.7 Å². The van der Waals surface area contributed by atoms with E-state index in [1.54, 1.807) is 6.07 Å². The summed E-state index contributed by atoms with van der Waals surface area (Å²) in [6.45, 7) is 9.58. The van der Waals surface area contributed by atoms with Gasteiger partial charge in [0.2, 0.25) is 0 Å². The van der Waals surface area contributed by atoms with E-state index < -0.39 is 24.7 Å². The van der Waals surface area contributed by atoms with Gasteiger partial charge in [0.1, 0.15) is 5.75 Å². The van der Waals surface area contributed by atoms with Gasteiger partial charge in [-0.2, -0.15) is 0 Å². The van der Waals surface area contributed by atoms with Crippen molar-refractivity contribution >= 4 is 12.6 Å². The van der Waals surface area contributed by atoms with Gasteiger partial charge in [-0.3, -0.25) is 0 Å². The number of benzene rings is 1. The van der Waals surface area contributed by atoms with Crippen LogP contribution in [0.2, 0.25) is 0 Å². The Morgan fingerprint density at radius 3 is 2.09 bits per heavy atom. The fourth-order valence-corrected chi connectivity index (χ4v) is 2.29. The second-order valence-corrected chi connectivity index (χ2v) is 6.35. The summed E-state index contributed by atoms with van der Waals surface area (Å²) in [5.74, 6) is -0.232. The molecule has 1 saturated heterocycles. The Bertz CT molecular complexity index is 539. The van der Waals surface area contributed by atoms with Crippen LogP contribution in [-0.4, -0.2) is 24.7 Å². The van der Waals surface area contributed by atoms with E-state index in [0.717, 1.165) is 5.46 Å². The summed E-state index contributed by atoms with van der Waals surface area (Å²) in [6.07, 6.45) is -4.15. The molecule has 0 radical (unpaired) electrons. The molecule has 0 bridgehead atoms. The fourth-order valence-electron chi connectivity index (χ4n) is 2.29. The Morgan fingerprint density at radius 1 is 1.09 bits per heavy atom. The maximum atomic E-state index is 12.3. The molecule has 1 aliphatic heterocycles. The molecule has 2 rings (SSSR count). The maximum Gasteiger partial charge on any atom is 0.573 e. The van der Waals surface area contributed by atoms with Gasteiger partial charge in [0.05, 0.1) is 11.2 Å². The van der Waals surface area contributed by atoms with Crippen LogP contribution >= 0.6 is 0 Å². The molecule has 1 fully saturated rings. The maximum absolute atomic E-state index is 12.3. The van der Waals surface area contributed by atoms with Gasteiger partial charge in [0, 0.05) is 0 Å². The Morgan fingerprint density at radius 2 is 1.64 bits per heavy atom. The van der Waals surface area contributed by atoms with Crippen molar-refractivity contribution in [3.05, 3.63) is 23.8 Å². The number of halogens is 3. The van der Waals surface area contributed by atoms with E-state index in [2.05, 4.69) is 4.74 Å². The molecule has 1 aromatic carbocycles. The van der Waals surface area contributed by atoms with Crippen LogP contribution in [0.25, 0.3) is 0 Å². The Hall–Kier alpha value is -1.21. The summed E-state index contributed by atoms with van der Waals surface area (Å²) >= 11 is 0. The largest absolute Gasteiger partial charge is 0.573 e. The molecule has 0 N–H and O–H groups in total. The first kappa shape index (κ1) is 17.2. The van der Waals surface area contributed by atoms with Gasteiger partial charge >= 0.3 is 13.5 Å². The van der Waals surface area contributed by atoms with Crippen LogP contribution in [0, 0.1) is 0 Å². The molecular formula is C15H20BF3O3. The zero-order valence-electron chi connectivity index (χ0n) is 13.4. The Kier molecular flexibility index (Phi) is 4.26. The van der Waals surface area contributed by atoms with Gasteiger partial charge in [0.25, 0.3) is 0 Å². The fraction of sp³-hybridized carbons (Fsp3) is 0.600. The van der Waals surface area contributed by atoms with Crippen LogP contribution in [0.15, 0.2) is 18.2 Å². The van der Waals surface area contributed by atoms with E-state index in [4.69, 9.17) is 9.31 Å². The number of hydrogen-bond acceptors (Lipinski definition) is 3. The lowest BCUT2D eigenvalue weighted by molar-refractivity contribution is -0.274. The molecule has 3 nitrogen and oxygen atoms in total. The molecule has 0 unspecified atom stereocenters. The van der Waals surface area contributed by atoms with Gasteiger partial charge in [-0.05, 0) is 57.3 Å². The van der Waals surface area contributed by atoms with Gasteiger partial charge in [0.15, 0.2) is 0 Å². The van der Waals surface area contributed by atoms with Crippen molar-refractivity contribution in [2.24, 2.45) is 0 Å². The zero-order valence-corrected chi connectivity index (χ0v) is 13.4. The lowest BCUT2D eigenvalue weighted by atomic mass is 9.75. The second kappa shape index (κ2) is 5.46. The molecule has 7 heteroatoms. The van der Waals surface area contributed by atoms with Gasteiger partial charge in [-0.1, -0.05) is 13.0 Å². The number of ether oxygens (including phenoxy) is 1. The number of rotatable bonds is 3. The highest BCUT2D eigenvalue weighted by atomic mass is 19.4. The molecule has 122 valence electrons. The third kappa shape index (κ3) is 3.41. The average molecular weight is 316 g/mol. The summed E-state index contributed by atoms with van der Waals surface area (Å²) in [5.41, 5.74) is 0.448. The highest BCUT2D eigenvalue weighted by molar-refractivity contribution is 6.62. The molecular weight excluding hydrogens is 296 g/mol. The Balaban J connectivity index is 2.30. The van der Waals surface area contributed by atoms with Gasteiger partial charge in [-0.15, -0.1) is 13.2 Å². The molecule has 0 amide bonds. The predicted molar refractivity (Wildman–Crippen MR) is 78.2 cm³/mol. The van der Waals surface area contributed by atoms with E-state index in [9.17, 15) is 13.2 Å². The predicted octanol–water partition coefficient (Wildman–Crippen LogP) is 3.45. The average Bonchev–Trinajstić information content (AvgIpc) is 2.56. The van der Waals surface area contributed by atoms with Crippen molar-refractivity contribution in [1.29, 1.82) is 0 Å². The molecule has 1 aromatic rings. The molecule has 0 aromatic heterocycles. The highest BCUT2D eigenvalue weighted by Gasteiger charge is 2.52. The topological polar surface area (TPSA) is 27.7 Å². The van der Waals surface area contributed by atoms with Crippen molar-refractivity contribution < 1.29 is 27.2 Å². The molecule has 0 aliphatic carbocycles. The first-order valence-corrected chi connectivity index (χ1v) is 7.19. The van der Waals surface area contributed by atoms with E-state index in [1.165, 1.54) is 12.1 Å². The molecule has 0 spiro atoms. The SMILES string of the molecule is CCc1cc(OC(F)(F)F)ccc1B1OC(C)(C)C(C)(C)O1. The first-order valence-electron chi connectivity index (χ1n) is 7.19. The number of hydrogen-bond donors (Lipinski definition) is 0. The quantitative estimate of drug-likeness (QED) is 0.800. The normalized spacial score (nSPS) is 20.3. The molecule has 0 saturated carbocycles. The number of alkyl halides is 3. The standard InChI is InChI=1S/C15H20BF3O3/c1-6-10-9-11(20-15(17,18)19)7-8-12(10)16-21-13(2,3)14(4,5)22-16/h7-9H,6H2,1-5H3. The minimum absolute atomic E-state index is 0.232. The summed E-state index contributed by atoms with van der Waals surface area (Å²) in [4.78, 5) is 0. The molecule has 22 heavy (non-hydrogen) atoms. The molecule has 1 heterocycles. The Labute approximate surface area is 128 Å².